The minimum atomic E-state index is -0.482. The van der Waals surface area contributed by atoms with Crippen LogP contribution >= 0.6 is 22.9 Å². The summed E-state index contributed by atoms with van der Waals surface area (Å²) < 4.78 is 5.69. The van der Waals surface area contributed by atoms with Crippen molar-refractivity contribution in [1.29, 1.82) is 0 Å². The molecule has 0 spiro atoms. The Labute approximate surface area is 170 Å². The summed E-state index contributed by atoms with van der Waals surface area (Å²) >= 11 is 7.55. The van der Waals surface area contributed by atoms with Gasteiger partial charge in [0.05, 0.1) is 11.0 Å². The van der Waals surface area contributed by atoms with E-state index in [-0.39, 0.29) is 11.7 Å². The second kappa shape index (κ2) is 7.61. The number of hydrogen-bond donors (Lipinski definition) is 0. The first-order valence-electron chi connectivity index (χ1n) is 8.56. The Kier molecular flexibility index (Phi) is 5.02. The number of hydrogen-bond acceptors (Lipinski definition) is 5. The van der Waals surface area contributed by atoms with Gasteiger partial charge < -0.3 is 4.74 Å². The Balaban J connectivity index is 1.67. The van der Waals surface area contributed by atoms with Crippen LogP contribution in [-0.2, 0) is 4.74 Å². The highest BCUT2D eigenvalue weighted by Gasteiger charge is 2.38. The van der Waals surface area contributed by atoms with E-state index in [1.165, 1.54) is 12.1 Å². The molecule has 0 N–H and O–H groups in total. The van der Waals surface area contributed by atoms with E-state index in [1.807, 2.05) is 17.5 Å². The van der Waals surface area contributed by atoms with Gasteiger partial charge in [-0.1, -0.05) is 17.7 Å². The van der Waals surface area contributed by atoms with E-state index in [9.17, 15) is 14.9 Å². The van der Waals surface area contributed by atoms with Crippen LogP contribution in [0.15, 0.2) is 66.0 Å². The first-order valence-corrected chi connectivity index (χ1v) is 9.82. The second-order valence-electron chi connectivity index (χ2n) is 6.33. The number of amides is 1. The zero-order chi connectivity index (χ0) is 19.7. The SMILES string of the molecule is O=C1OC(c2ccc([N+](=O)[O-])cc2)CC(c2cccs2)N1c1ccc(Cl)cc1. The van der Waals surface area contributed by atoms with Gasteiger partial charge in [0.2, 0.25) is 0 Å². The molecule has 3 aromatic rings. The van der Waals surface area contributed by atoms with Crippen LogP contribution in [0.5, 0.6) is 0 Å². The molecule has 0 saturated carbocycles. The molecule has 2 aromatic carbocycles. The van der Waals surface area contributed by atoms with Gasteiger partial charge in [-0.15, -0.1) is 11.3 Å². The van der Waals surface area contributed by atoms with Crippen LogP contribution in [0.4, 0.5) is 16.2 Å². The van der Waals surface area contributed by atoms with Crippen LogP contribution in [0.1, 0.15) is 29.0 Å². The number of carbonyl (C=O) groups is 1. The van der Waals surface area contributed by atoms with E-state index in [0.717, 1.165) is 10.4 Å². The van der Waals surface area contributed by atoms with Crippen molar-refractivity contribution in [3.8, 4) is 0 Å². The van der Waals surface area contributed by atoms with Gasteiger partial charge in [-0.2, -0.15) is 0 Å². The third kappa shape index (κ3) is 3.58. The summed E-state index contributed by atoms with van der Waals surface area (Å²) in [6.07, 6.45) is -0.411. The molecule has 2 heterocycles. The van der Waals surface area contributed by atoms with Crippen molar-refractivity contribution in [2.45, 2.75) is 18.6 Å². The largest absolute Gasteiger partial charge is 0.441 e. The Bertz CT molecular complexity index is 990. The van der Waals surface area contributed by atoms with Crippen LogP contribution in [0.3, 0.4) is 0 Å². The number of non-ortho nitro benzene ring substituents is 1. The molecule has 0 radical (unpaired) electrons. The number of nitro groups is 1. The van der Waals surface area contributed by atoms with Gasteiger partial charge in [0.1, 0.15) is 6.10 Å². The third-order valence-electron chi connectivity index (χ3n) is 4.64. The molecule has 2 unspecified atom stereocenters. The van der Waals surface area contributed by atoms with Crippen LogP contribution < -0.4 is 4.90 Å². The molecule has 1 aliphatic heterocycles. The molecule has 0 aliphatic carbocycles. The maximum absolute atomic E-state index is 12.9. The number of anilines is 1. The number of nitrogens with zero attached hydrogens (tertiary/aromatic N) is 2. The number of halogens is 1. The predicted octanol–water partition coefficient (Wildman–Crippen LogP) is 6.14. The summed E-state index contributed by atoms with van der Waals surface area (Å²) in [4.78, 5) is 26.0. The van der Waals surface area contributed by atoms with Crippen molar-refractivity contribution >= 4 is 40.4 Å². The average molecular weight is 415 g/mol. The van der Waals surface area contributed by atoms with E-state index < -0.39 is 17.1 Å². The van der Waals surface area contributed by atoms with Gasteiger partial charge >= 0.3 is 6.09 Å². The molecular weight excluding hydrogens is 400 g/mol. The Hall–Kier alpha value is -2.90. The summed E-state index contributed by atoms with van der Waals surface area (Å²) in [5, 5.41) is 13.4. The van der Waals surface area contributed by atoms with Gasteiger partial charge in [0.15, 0.2) is 0 Å². The summed E-state index contributed by atoms with van der Waals surface area (Å²) in [5.41, 5.74) is 1.44. The van der Waals surface area contributed by atoms with Gasteiger partial charge in [-0.25, -0.2) is 4.79 Å². The molecule has 2 atom stereocenters. The quantitative estimate of drug-likeness (QED) is 0.379. The number of thiophene rings is 1. The fraction of sp³-hybridized carbons (Fsp3) is 0.150. The highest BCUT2D eigenvalue weighted by Crippen LogP contribution is 2.43. The van der Waals surface area contributed by atoms with E-state index in [2.05, 4.69) is 0 Å². The molecule has 1 saturated heterocycles. The Morgan fingerprint density at radius 2 is 1.82 bits per heavy atom. The predicted molar refractivity (Wildman–Crippen MR) is 108 cm³/mol. The van der Waals surface area contributed by atoms with Crippen LogP contribution in [0.2, 0.25) is 5.02 Å². The molecule has 1 amide bonds. The number of benzene rings is 2. The standard InChI is InChI=1S/C20H15ClN2O4S/c21-14-5-9-15(10-6-14)22-17(19-2-1-11-28-19)12-18(27-20(22)24)13-3-7-16(8-4-13)23(25)26/h1-11,17-18H,12H2. The van der Waals surface area contributed by atoms with E-state index in [4.69, 9.17) is 16.3 Å². The normalized spacial score (nSPS) is 19.3. The number of ether oxygens (including phenoxy) is 1. The Morgan fingerprint density at radius 3 is 2.43 bits per heavy atom. The lowest BCUT2D eigenvalue weighted by Crippen LogP contribution is -2.41. The molecule has 6 nitrogen and oxygen atoms in total. The number of cyclic esters (lactones) is 1. The minimum absolute atomic E-state index is 0.00323. The van der Waals surface area contributed by atoms with Gasteiger partial charge in [0, 0.05) is 34.1 Å². The zero-order valence-electron chi connectivity index (χ0n) is 14.5. The van der Waals surface area contributed by atoms with Crippen molar-refractivity contribution < 1.29 is 14.5 Å². The van der Waals surface area contributed by atoms with Crippen molar-refractivity contribution in [2.24, 2.45) is 0 Å². The van der Waals surface area contributed by atoms with E-state index >= 15 is 0 Å². The third-order valence-corrected chi connectivity index (χ3v) is 5.87. The van der Waals surface area contributed by atoms with Crippen molar-refractivity contribution in [1.82, 2.24) is 0 Å². The zero-order valence-corrected chi connectivity index (χ0v) is 16.1. The lowest BCUT2D eigenvalue weighted by Gasteiger charge is -2.38. The topological polar surface area (TPSA) is 72.7 Å². The molecule has 8 heteroatoms. The number of carbonyl (C=O) groups excluding carboxylic acids is 1. The monoisotopic (exact) mass is 414 g/mol. The molecule has 1 fully saturated rings. The van der Waals surface area contributed by atoms with Crippen molar-refractivity contribution in [2.75, 3.05) is 4.90 Å². The lowest BCUT2D eigenvalue weighted by atomic mass is 9.97. The smallest absolute Gasteiger partial charge is 0.415 e. The van der Waals surface area contributed by atoms with E-state index in [1.54, 1.807) is 52.6 Å². The number of nitro benzene ring substituents is 1. The minimum Gasteiger partial charge on any atom is -0.441 e. The first kappa shape index (κ1) is 18.5. The fourth-order valence-electron chi connectivity index (χ4n) is 3.29. The first-order chi connectivity index (χ1) is 13.5. The van der Waals surface area contributed by atoms with Gasteiger partial charge in [-0.05, 0) is 53.4 Å². The van der Waals surface area contributed by atoms with Crippen molar-refractivity contribution in [3.63, 3.8) is 0 Å². The number of rotatable bonds is 4. The molecule has 1 aliphatic rings. The molecule has 28 heavy (non-hydrogen) atoms. The summed E-state index contributed by atoms with van der Waals surface area (Å²) in [7, 11) is 0. The summed E-state index contributed by atoms with van der Waals surface area (Å²) in [5.74, 6) is 0. The second-order valence-corrected chi connectivity index (χ2v) is 7.75. The molecule has 142 valence electrons. The lowest BCUT2D eigenvalue weighted by molar-refractivity contribution is -0.384. The maximum atomic E-state index is 12.9. The van der Waals surface area contributed by atoms with E-state index in [0.29, 0.717) is 17.1 Å². The summed E-state index contributed by atoms with van der Waals surface area (Å²) in [6, 6.07) is 16.9. The van der Waals surface area contributed by atoms with Gasteiger partial charge in [-0.3, -0.25) is 15.0 Å². The van der Waals surface area contributed by atoms with Crippen molar-refractivity contribution in [3.05, 3.63) is 91.6 Å². The molecular formula is C20H15ClN2O4S. The molecule has 4 rings (SSSR count). The highest BCUT2D eigenvalue weighted by molar-refractivity contribution is 7.10. The Morgan fingerprint density at radius 1 is 1.11 bits per heavy atom. The van der Waals surface area contributed by atoms with Gasteiger partial charge in [0.25, 0.3) is 5.69 Å². The fourth-order valence-corrected chi connectivity index (χ4v) is 4.24. The van der Waals surface area contributed by atoms with Crippen LogP contribution in [0.25, 0.3) is 0 Å². The average Bonchev–Trinajstić information content (AvgIpc) is 3.23. The van der Waals surface area contributed by atoms with Crippen LogP contribution in [0, 0.1) is 10.1 Å². The van der Waals surface area contributed by atoms with Crippen LogP contribution in [-0.4, -0.2) is 11.0 Å². The molecule has 0 bridgehead atoms. The molecule has 1 aromatic heterocycles. The highest BCUT2D eigenvalue weighted by atomic mass is 35.5. The maximum Gasteiger partial charge on any atom is 0.415 e. The summed E-state index contributed by atoms with van der Waals surface area (Å²) in [6.45, 7) is 0.